The molecule has 0 aromatic heterocycles. The second-order valence-corrected chi connectivity index (χ2v) is 6.46. The van der Waals surface area contributed by atoms with E-state index >= 15 is 0 Å². The molecule has 0 N–H and O–H groups in total. The SMILES string of the molecule is CCOCC[C@@H]1CCOC12CN(Cc1ccccc1C)C2. The molecule has 2 fully saturated rings. The van der Waals surface area contributed by atoms with Crippen molar-refractivity contribution in [3.63, 3.8) is 0 Å². The van der Waals surface area contributed by atoms with E-state index in [2.05, 4.69) is 43.0 Å². The summed E-state index contributed by atoms with van der Waals surface area (Å²) >= 11 is 0. The van der Waals surface area contributed by atoms with Crippen LogP contribution in [0.25, 0.3) is 0 Å². The standard InChI is InChI=1S/C18H27NO2/c1-3-20-10-8-17-9-11-21-18(17)13-19(14-18)12-16-7-5-4-6-15(16)2/h4-7,17H,3,8-14H2,1-2H3/t17-/m1/s1. The highest BCUT2D eigenvalue weighted by atomic mass is 16.5. The van der Waals surface area contributed by atoms with Crippen LogP contribution in [-0.2, 0) is 16.0 Å². The topological polar surface area (TPSA) is 21.7 Å². The third-order valence-corrected chi connectivity index (χ3v) is 5.05. The van der Waals surface area contributed by atoms with Gasteiger partial charge < -0.3 is 9.47 Å². The molecule has 2 saturated heterocycles. The predicted molar refractivity (Wildman–Crippen MR) is 84.4 cm³/mol. The van der Waals surface area contributed by atoms with Crippen LogP contribution < -0.4 is 0 Å². The Morgan fingerprint density at radius 3 is 2.90 bits per heavy atom. The third kappa shape index (κ3) is 3.15. The number of hydrogen-bond donors (Lipinski definition) is 0. The fourth-order valence-corrected chi connectivity index (χ4v) is 3.76. The van der Waals surface area contributed by atoms with E-state index in [0.29, 0.717) is 5.92 Å². The fraction of sp³-hybridized carbons (Fsp3) is 0.667. The Balaban J connectivity index is 1.53. The smallest absolute Gasteiger partial charge is 0.0964 e. The van der Waals surface area contributed by atoms with Gasteiger partial charge in [0, 0.05) is 39.5 Å². The van der Waals surface area contributed by atoms with Crippen LogP contribution in [0.4, 0.5) is 0 Å². The van der Waals surface area contributed by atoms with Crippen LogP contribution in [0.1, 0.15) is 30.9 Å². The minimum Gasteiger partial charge on any atom is -0.382 e. The van der Waals surface area contributed by atoms with Crippen molar-refractivity contribution >= 4 is 0 Å². The predicted octanol–water partition coefficient (Wildman–Crippen LogP) is 3.01. The highest BCUT2D eigenvalue weighted by Crippen LogP contribution is 2.42. The first-order valence-corrected chi connectivity index (χ1v) is 8.22. The Labute approximate surface area is 128 Å². The molecule has 3 rings (SSSR count). The van der Waals surface area contributed by atoms with E-state index in [1.165, 1.54) is 17.5 Å². The number of rotatable bonds is 6. The average molecular weight is 289 g/mol. The van der Waals surface area contributed by atoms with Crippen LogP contribution >= 0.6 is 0 Å². The lowest BCUT2D eigenvalue weighted by atomic mass is 9.79. The van der Waals surface area contributed by atoms with Crippen LogP contribution in [0.2, 0.25) is 0 Å². The Bertz CT molecular complexity index is 468. The van der Waals surface area contributed by atoms with Gasteiger partial charge >= 0.3 is 0 Å². The quantitative estimate of drug-likeness (QED) is 0.751. The first kappa shape index (κ1) is 15.0. The average Bonchev–Trinajstić information content (AvgIpc) is 2.85. The molecule has 0 radical (unpaired) electrons. The molecule has 1 aromatic rings. The zero-order valence-corrected chi connectivity index (χ0v) is 13.3. The zero-order chi connectivity index (χ0) is 14.7. The van der Waals surface area contributed by atoms with Crippen LogP contribution in [0.3, 0.4) is 0 Å². The van der Waals surface area contributed by atoms with Crippen molar-refractivity contribution < 1.29 is 9.47 Å². The van der Waals surface area contributed by atoms with Gasteiger partial charge in [0.25, 0.3) is 0 Å². The van der Waals surface area contributed by atoms with Crippen molar-refractivity contribution in [1.29, 1.82) is 0 Å². The molecule has 1 atom stereocenters. The van der Waals surface area contributed by atoms with Crippen LogP contribution in [-0.4, -0.2) is 43.4 Å². The van der Waals surface area contributed by atoms with E-state index in [1.807, 2.05) is 0 Å². The van der Waals surface area contributed by atoms with Crippen LogP contribution in [0, 0.1) is 12.8 Å². The molecule has 0 aliphatic carbocycles. The molecule has 3 nitrogen and oxygen atoms in total. The van der Waals surface area contributed by atoms with E-state index < -0.39 is 0 Å². The maximum Gasteiger partial charge on any atom is 0.0964 e. The Morgan fingerprint density at radius 2 is 2.14 bits per heavy atom. The molecular weight excluding hydrogens is 262 g/mol. The molecule has 3 heteroatoms. The van der Waals surface area contributed by atoms with Gasteiger partial charge in [-0.25, -0.2) is 0 Å². The van der Waals surface area contributed by atoms with Gasteiger partial charge in [-0.3, -0.25) is 4.90 Å². The number of hydrogen-bond acceptors (Lipinski definition) is 3. The molecule has 0 bridgehead atoms. The van der Waals surface area contributed by atoms with Gasteiger partial charge in [0.15, 0.2) is 0 Å². The van der Waals surface area contributed by atoms with E-state index in [-0.39, 0.29) is 5.60 Å². The molecule has 21 heavy (non-hydrogen) atoms. The number of aryl methyl sites for hydroxylation is 1. The third-order valence-electron chi connectivity index (χ3n) is 5.05. The van der Waals surface area contributed by atoms with Crippen LogP contribution in [0.5, 0.6) is 0 Å². The fourth-order valence-electron chi connectivity index (χ4n) is 3.76. The number of ether oxygens (including phenoxy) is 2. The number of benzene rings is 1. The van der Waals surface area contributed by atoms with Crippen LogP contribution in [0.15, 0.2) is 24.3 Å². The highest BCUT2D eigenvalue weighted by Gasteiger charge is 2.52. The molecule has 2 aliphatic heterocycles. The Hall–Kier alpha value is -0.900. The molecule has 1 aromatic carbocycles. The van der Waals surface area contributed by atoms with E-state index in [1.54, 1.807) is 0 Å². The summed E-state index contributed by atoms with van der Waals surface area (Å²) in [5, 5.41) is 0. The second kappa shape index (κ2) is 6.47. The molecular formula is C18H27NO2. The van der Waals surface area contributed by atoms with Gasteiger partial charge in [-0.15, -0.1) is 0 Å². The first-order chi connectivity index (χ1) is 10.2. The van der Waals surface area contributed by atoms with Crippen molar-refractivity contribution in [2.45, 2.75) is 38.8 Å². The first-order valence-electron chi connectivity index (χ1n) is 8.22. The largest absolute Gasteiger partial charge is 0.382 e. The monoisotopic (exact) mass is 289 g/mol. The molecule has 2 aliphatic rings. The lowest BCUT2D eigenvalue weighted by Gasteiger charge is -2.50. The molecule has 2 heterocycles. The summed E-state index contributed by atoms with van der Waals surface area (Å²) in [5.41, 5.74) is 2.95. The molecule has 0 saturated carbocycles. The van der Waals surface area contributed by atoms with Crippen molar-refractivity contribution in [3.8, 4) is 0 Å². The van der Waals surface area contributed by atoms with Gasteiger partial charge in [0.2, 0.25) is 0 Å². The summed E-state index contributed by atoms with van der Waals surface area (Å²) in [6.07, 6.45) is 2.34. The van der Waals surface area contributed by atoms with Gasteiger partial charge in [0.05, 0.1) is 5.60 Å². The van der Waals surface area contributed by atoms with Gasteiger partial charge in [-0.05, 0) is 43.7 Å². The molecule has 0 unspecified atom stereocenters. The Kier molecular flexibility index (Phi) is 4.63. The summed E-state index contributed by atoms with van der Waals surface area (Å²) in [7, 11) is 0. The maximum atomic E-state index is 6.12. The van der Waals surface area contributed by atoms with Crippen molar-refractivity contribution in [2.75, 3.05) is 32.9 Å². The number of nitrogens with zero attached hydrogens (tertiary/aromatic N) is 1. The van der Waals surface area contributed by atoms with E-state index in [4.69, 9.17) is 9.47 Å². The second-order valence-electron chi connectivity index (χ2n) is 6.46. The van der Waals surface area contributed by atoms with E-state index in [9.17, 15) is 0 Å². The van der Waals surface area contributed by atoms with Crippen molar-refractivity contribution in [3.05, 3.63) is 35.4 Å². The summed E-state index contributed by atoms with van der Waals surface area (Å²) in [5.74, 6) is 0.678. The zero-order valence-electron chi connectivity index (χ0n) is 13.3. The van der Waals surface area contributed by atoms with Gasteiger partial charge in [-0.1, -0.05) is 24.3 Å². The summed E-state index contributed by atoms with van der Waals surface area (Å²) in [4.78, 5) is 2.52. The minimum atomic E-state index is 0.125. The lowest BCUT2D eigenvalue weighted by molar-refractivity contribution is -0.139. The van der Waals surface area contributed by atoms with Crippen molar-refractivity contribution in [2.24, 2.45) is 5.92 Å². The lowest BCUT2D eigenvalue weighted by Crippen LogP contribution is -2.64. The van der Waals surface area contributed by atoms with Gasteiger partial charge in [0.1, 0.15) is 0 Å². The summed E-state index contributed by atoms with van der Waals surface area (Å²) in [6, 6.07) is 8.68. The van der Waals surface area contributed by atoms with Crippen molar-refractivity contribution in [1.82, 2.24) is 4.90 Å². The molecule has 0 amide bonds. The highest BCUT2D eigenvalue weighted by molar-refractivity contribution is 5.26. The number of likely N-dealkylation sites (tertiary alicyclic amines) is 1. The van der Waals surface area contributed by atoms with E-state index in [0.717, 1.165) is 45.9 Å². The minimum absolute atomic E-state index is 0.125. The molecule has 116 valence electrons. The summed E-state index contributed by atoms with van der Waals surface area (Å²) in [6.45, 7) is 10.1. The summed E-state index contributed by atoms with van der Waals surface area (Å²) < 4.78 is 11.6. The Morgan fingerprint density at radius 1 is 1.33 bits per heavy atom. The normalized spacial score (nSPS) is 24.4. The molecule has 1 spiro atoms. The van der Waals surface area contributed by atoms with Gasteiger partial charge in [-0.2, -0.15) is 0 Å². The maximum absolute atomic E-state index is 6.12.